The average molecular weight is 472 g/mol. The molecule has 5 heteroatoms. The van der Waals surface area contributed by atoms with E-state index in [9.17, 15) is 14.4 Å². The van der Waals surface area contributed by atoms with Crippen LogP contribution in [0.5, 0.6) is 5.75 Å². The Hall–Kier alpha value is -4.51. The Kier molecular flexibility index (Phi) is 4.48. The second-order valence-corrected chi connectivity index (χ2v) is 9.52. The normalized spacial score (nSPS) is 24.6. The standard InChI is InChI=1S/C31H21NO4/c33-29-25-23(18-9-3-1-4-10-18)17-24-22-16-15-19-11-7-8-14-21(19)28(22)36-31(35)26(24)27(25)30(34)32(29)20-12-5-2-6-13-20/h1-17,23,25-27H/t23-,25+,26-,27+/m1/s1. The second-order valence-electron chi connectivity index (χ2n) is 9.52. The minimum atomic E-state index is -0.839. The van der Waals surface area contributed by atoms with Crippen LogP contribution in [0.25, 0.3) is 16.3 Å². The van der Waals surface area contributed by atoms with Crippen molar-refractivity contribution in [3.05, 3.63) is 114 Å². The molecule has 2 amide bonds. The fourth-order valence-corrected chi connectivity index (χ4v) is 6.12. The first-order valence-electron chi connectivity index (χ1n) is 12.1. The Balaban J connectivity index is 1.46. The molecule has 0 saturated carbocycles. The van der Waals surface area contributed by atoms with Gasteiger partial charge in [0, 0.05) is 16.9 Å². The van der Waals surface area contributed by atoms with E-state index in [-0.39, 0.29) is 17.7 Å². The van der Waals surface area contributed by atoms with Crippen molar-refractivity contribution in [2.45, 2.75) is 5.92 Å². The van der Waals surface area contributed by atoms with Crippen molar-refractivity contribution in [1.29, 1.82) is 0 Å². The molecule has 174 valence electrons. The van der Waals surface area contributed by atoms with Crippen LogP contribution in [-0.4, -0.2) is 17.8 Å². The van der Waals surface area contributed by atoms with E-state index in [4.69, 9.17) is 4.74 Å². The van der Waals surface area contributed by atoms with Gasteiger partial charge in [0.25, 0.3) is 0 Å². The molecule has 0 N–H and O–H groups in total. The fourth-order valence-electron chi connectivity index (χ4n) is 6.12. The number of rotatable bonds is 2. The van der Waals surface area contributed by atoms with Gasteiger partial charge in [-0.15, -0.1) is 0 Å². The zero-order valence-electron chi connectivity index (χ0n) is 19.2. The zero-order valence-corrected chi connectivity index (χ0v) is 19.2. The summed E-state index contributed by atoms with van der Waals surface area (Å²) < 4.78 is 5.93. The van der Waals surface area contributed by atoms with Gasteiger partial charge < -0.3 is 4.74 Å². The number of nitrogens with zero attached hydrogens (tertiary/aromatic N) is 1. The molecule has 0 unspecified atom stereocenters. The van der Waals surface area contributed by atoms with Crippen molar-refractivity contribution < 1.29 is 19.1 Å². The molecular weight excluding hydrogens is 450 g/mol. The lowest BCUT2D eigenvalue weighted by Gasteiger charge is -2.38. The molecule has 0 aromatic heterocycles. The van der Waals surface area contributed by atoms with Crippen molar-refractivity contribution in [3.8, 4) is 5.75 Å². The van der Waals surface area contributed by atoms with Gasteiger partial charge in [0.2, 0.25) is 11.8 Å². The van der Waals surface area contributed by atoms with E-state index < -0.39 is 23.7 Å². The van der Waals surface area contributed by atoms with Crippen LogP contribution in [0, 0.1) is 17.8 Å². The number of hydrogen-bond acceptors (Lipinski definition) is 4. The van der Waals surface area contributed by atoms with Crippen LogP contribution in [0.3, 0.4) is 0 Å². The van der Waals surface area contributed by atoms with Crippen molar-refractivity contribution >= 4 is 39.8 Å². The number of amides is 2. The molecule has 4 aromatic rings. The predicted molar refractivity (Wildman–Crippen MR) is 136 cm³/mol. The Bertz CT molecular complexity index is 1590. The summed E-state index contributed by atoms with van der Waals surface area (Å²) in [4.78, 5) is 42.6. The summed E-state index contributed by atoms with van der Waals surface area (Å²) in [6.07, 6.45) is 2.02. The summed E-state index contributed by atoms with van der Waals surface area (Å²) in [7, 11) is 0. The number of allylic oxidation sites excluding steroid dienone is 1. The third-order valence-electron chi connectivity index (χ3n) is 7.68. The van der Waals surface area contributed by atoms with E-state index in [1.807, 2.05) is 78.9 Å². The van der Waals surface area contributed by atoms with Crippen LogP contribution < -0.4 is 9.64 Å². The number of para-hydroxylation sites is 1. The number of fused-ring (bicyclic) bond motifs is 7. The third-order valence-corrected chi connectivity index (χ3v) is 7.68. The molecule has 36 heavy (non-hydrogen) atoms. The topological polar surface area (TPSA) is 63.7 Å². The number of imide groups is 1. The SMILES string of the molecule is O=C1Oc2c(ccc3ccccc23)C2=C[C@H](c3ccccc3)[C@@H]3C(=O)N(c4ccccc4)C(=O)[C@@H]3[C@H]12. The zero-order chi connectivity index (χ0) is 24.4. The molecule has 4 aromatic carbocycles. The monoisotopic (exact) mass is 471 g/mol. The summed E-state index contributed by atoms with van der Waals surface area (Å²) >= 11 is 0. The molecule has 5 nitrogen and oxygen atoms in total. The highest BCUT2D eigenvalue weighted by molar-refractivity contribution is 6.24. The largest absolute Gasteiger partial charge is 0.425 e. The number of esters is 1. The number of hydrogen-bond donors (Lipinski definition) is 0. The Labute approximate surface area is 207 Å². The number of carbonyl (C=O) groups excluding carboxylic acids is 3. The molecule has 0 radical (unpaired) electrons. The molecule has 4 atom stereocenters. The van der Waals surface area contributed by atoms with Crippen LogP contribution in [-0.2, 0) is 14.4 Å². The van der Waals surface area contributed by atoms with Gasteiger partial charge >= 0.3 is 5.97 Å². The van der Waals surface area contributed by atoms with Crippen molar-refractivity contribution in [1.82, 2.24) is 0 Å². The number of ether oxygens (including phenoxy) is 1. The fraction of sp³-hybridized carbons (Fsp3) is 0.129. The van der Waals surface area contributed by atoms with E-state index in [2.05, 4.69) is 0 Å². The Morgan fingerprint density at radius 3 is 2.11 bits per heavy atom. The van der Waals surface area contributed by atoms with Crippen molar-refractivity contribution in [2.24, 2.45) is 17.8 Å². The molecule has 7 rings (SSSR count). The molecular formula is C31H21NO4. The third kappa shape index (κ3) is 2.86. The van der Waals surface area contributed by atoms with Crippen LogP contribution >= 0.6 is 0 Å². The van der Waals surface area contributed by atoms with Crippen LogP contribution in [0.2, 0.25) is 0 Å². The summed E-state index contributed by atoms with van der Waals surface area (Å²) in [6.45, 7) is 0. The molecule has 0 bridgehead atoms. The van der Waals surface area contributed by atoms with E-state index in [0.29, 0.717) is 11.4 Å². The van der Waals surface area contributed by atoms with Gasteiger partial charge in [0.1, 0.15) is 5.75 Å². The summed E-state index contributed by atoms with van der Waals surface area (Å²) in [5.74, 6) is -3.32. The first-order valence-corrected chi connectivity index (χ1v) is 12.1. The Morgan fingerprint density at radius 2 is 1.33 bits per heavy atom. The lowest BCUT2D eigenvalue weighted by molar-refractivity contribution is -0.142. The van der Waals surface area contributed by atoms with E-state index >= 15 is 0 Å². The van der Waals surface area contributed by atoms with Crippen LogP contribution in [0.1, 0.15) is 17.0 Å². The maximum Gasteiger partial charge on any atom is 0.319 e. The lowest BCUT2D eigenvalue weighted by Crippen LogP contribution is -2.42. The van der Waals surface area contributed by atoms with E-state index in [0.717, 1.165) is 27.5 Å². The molecule has 1 saturated heterocycles. The average Bonchev–Trinajstić information content (AvgIpc) is 3.19. The van der Waals surface area contributed by atoms with Gasteiger partial charge in [-0.25, -0.2) is 4.90 Å². The van der Waals surface area contributed by atoms with Gasteiger partial charge in [0.15, 0.2) is 0 Å². The van der Waals surface area contributed by atoms with Gasteiger partial charge in [-0.2, -0.15) is 0 Å². The van der Waals surface area contributed by atoms with E-state index in [1.165, 1.54) is 4.90 Å². The maximum atomic E-state index is 13.9. The Morgan fingerprint density at radius 1 is 0.667 bits per heavy atom. The van der Waals surface area contributed by atoms with Gasteiger partial charge in [-0.3, -0.25) is 14.4 Å². The van der Waals surface area contributed by atoms with Gasteiger partial charge in [0.05, 0.1) is 23.4 Å². The summed E-state index contributed by atoms with van der Waals surface area (Å²) in [6, 6.07) is 30.4. The molecule has 2 aliphatic heterocycles. The van der Waals surface area contributed by atoms with Crippen LogP contribution in [0.4, 0.5) is 5.69 Å². The minimum absolute atomic E-state index is 0.280. The molecule has 1 aliphatic carbocycles. The highest BCUT2D eigenvalue weighted by Gasteiger charge is 2.60. The van der Waals surface area contributed by atoms with Gasteiger partial charge in [-0.05, 0) is 28.7 Å². The highest BCUT2D eigenvalue weighted by atomic mass is 16.5. The first-order chi connectivity index (χ1) is 17.6. The number of anilines is 1. The number of benzene rings is 4. The summed E-state index contributed by atoms with van der Waals surface area (Å²) in [5, 5.41) is 1.82. The second kappa shape index (κ2) is 7.75. The van der Waals surface area contributed by atoms with Crippen molar-refractivity contribution in [2.75, 3.05) is 4.90 Å². The molecule has 3 aliphatic rings. The predicted octanol–water partition coefficient (Wildman–Crippen LogP) is 5.36. The highest BCUT2D eigenvalue weighted by Crippen LogP contribution is 2.55. The smallest absolute Gasteiger partial charge is 0.319 e. The quantitative estimate of drug-likeness (QED) is 0.224. The lowest BCUT2D eigenvalue weighted by atomic mass is 9.64. The molecule has 0 spiro atoms. The molecule has 2 heterocycles. The van der Waals surface area contributed by atoms with Crippen molar-refractivity contribution in [3.63, 3.8) is 0 Å². The van der Waals surface area contributed by atoms with Crippen LogP contribution in [0.15, 0.2) is 103 Å². The number of carbonyl (C=O) groups is 3. The first kappa shape index (κ1) is 20.8. The maximum absolute atomic E-state index is 13.9. The van der Waals surface area contributed by atoms with Gasteiger partial charge in [-0.1, -0.05) is 91.0 Å². The van der Waals surface area contributed by atoms with E-state index in [1.54, 1.807) is 24.3 Å². The minimum Gasteiger partial charge on any atom is -0.425 e. The molecule has 1 fully saturated rings. The summed E-state index contributed by atoms with van der Waals surface area (Å²) in [5.41, 5.74) is 3.02.